The molecule has 1 aliphatic rings. The van der Waals surface area contributed by atoms with Gasteiger partial charge in [-0.1, -0.05) is 18.2 Å². The van der Waals surface area contributed by atoms with Gasteiger partial charge in [-0.25, -0.2) is 0 Å². The van der Waals surface area contributed by atoms with Crippen molar-refractivity contribution in [2.24, 2.45) is 0 Å². The first-order chi connectivity index (χ1) is 9.61. The van der Waals surface area contributed by atoms with Crippen molar-refractivity contribution in [1.82, 2.24) is 9.80 Å². The van der Waals surface area contributed by atoms with Gasteiger partial charge in [0.05, 0.1) is 4.92 Å². The van der Waals surface area contributed by atoms with Crippen LogP contribution in [0.15, 0.2) is 24.3 Å². The maximum atomic E-state index is 11.3. The van der Waals surface area contributed by atoms with Gasteiger partial charge in [0, 0.05) is 44.4 Å². The molecular weight excluding hydrogens is 262 g/mol. The lowest BCUT2D eigenvalue weighted by Crippen LogP contribution is -2.49. The van der Waals surface area contributed by atoms with Crippen LogP contribution in [0.4, 0.5) is 5.69 Å². The monoisotopic (exact) mass is 279 g/mol. The lowest BCUT2D eigenvalue weighted by atomic mass is 10.1. The van der Waals surface area contributed by atoms with Gasteiger partial charge in [-0.15, -0.1) is 0 Å². The largest absolute Gasteiger partial charge is 0.387 e. The molecule has 0 unspecified atom stereocenters. The summed E-state index contributed by atoms with van der Waals surface area (Å²) in [6.45, 7) is 2.41. The summed E-state index contributed by atoms with van der Waals surface area (Å²) in [6.07, 6.45) is 0. The smallest absolute Gasteiger partial charge is 0.273 e. The molecule has 1 aliphatic heterocycles. The van der Waals surface area contributed by atoms with Crippen molar-refractivity contribution < 1.29 is 14.8 Å². The number of benzene rings is 1. The molecule has 2 rings (SSSR count). The molecule has 0 saturated carbocycles. The van der Waals surface area contributed by atoms with E-state index in [9.17, 15) is 14.9 Å². The normalized spacial score (nSPS) is 16.1. The highest BCUT2D eigenvalue weighted by Crippen LogP contribution is 2.20. The van der Waals surface area contributed by atoms with Crippen LogP contribution >= 0.6 is 0 Å². The second-order valence-electron chi connectivity index (χ2n) is 4.70. The average molecular weight is 279 g/mol. The molecule has 20 heavy (non-hydrogen) atoms. The maximum absolute atomic E-state index is 11.3. The molecule has 7 nitrogen and oxygen atoms in total. The van der Waals surface area contributed by atoms with E-state index in [1.165, 1.54) is 6.07 Å². The number of piperazine rings is 1. The number of hydrogen-bond acceptors (Lipinski definition) is 5. The van der Waals surface area contributed by atoms with Crippen LogP contribution < -0.4 is 0 Å². The predicted octanol–water partition coefficient (Wildman–Crippen LogP) is 0.231. The van der Waals surface area contributed by atoms with Crippen LogP contribution in [0.5, 0.6) is 0 Å². The number of aliphatic hydroxyl groups excluding tert-OH is 1. The van der Waals surface area contributed by atoms with Crippen molar-refractivity contribution in [1.29, 1.82) is 0 Å². The molecule has 1 aromatic carbocycles. The van der Waals surface area contributed by atoms with Gasteiger partial charge < -0.3 is 10.0 Å². The summed E-state index contributed by atoms with van der Waals surface area (Å²) in [5.41, 5.74) is 0.806. The molecule has 1 fully saturated rings. The number of nitro benzene ring substituents is 1. The molecule has 1 saturated heterocycles. The van der Waals surface area contributed by atoms with E-state index in [0.29, 0.717) is 38.3 Å². The van der Waals surface area contributed by atoms with E-state index in [1.807, 2.05) is 0 Å². The molecule has 0 bridgehead atoms. The van der Waals surface area contributed by atoms with Crippen LogP contribution in [0.2, 0.25) is 0 Å². The Morgan fingerprint density at radius 1 is 1.25 bits per heavy atom. The van der Waals surface area contributed by atoms with Crippen molar-refractivity contribution in [2.45, 2.75) is 6.54 Å². The van der Waals surface area contributed by atoms with Gasteiger partial charge in [0.1, 0.15) is 6.61 Å². The molecule has 0 spiro atoms. The summed E-state index contributed by atoms with van der Waals surface area (Å²) < 4.78 is 0. The number of amides is 1. The van der Waals surface area contributed by atoms with Crippen LogP contribution in [-0.4, -0.2) is 58.5 Å². The van der Waals surface area contributed by atoms with E-state index in [2.05, 4.69) is 4.90 Å². The number of nitrogens with zero attached hydrogens (tertiary/aromatic N) is 3. The quantitative estimate of drug-likeness (QED) is 0.630. The first-order valence-corrected chi connectivity index (χ1v) is 6.45. The van der Waals surface area contributed by atoms with Gasteiger partial charge in [0.15, 0.2) is 0 Å². The van der Waals surface area contributed by atoms with Crippen LogP contribution in [-0.2, 0) is 11.3 Å². The molecule has 1 aromatic rings. The minimum absolute atomic E-state index is 0.126. The zero-order valence-electron chi connectivity index (χ0n) is 11.1. The molecule has 0 radical (unpaired) electrons. The summed E-state index contributed by atoms with van der Waals surface area (Å²) in [5.74, 6) is -0.268. The summed E-state index contributed by atoms with van der Waals surface area (Å²) in [6, 6.07) is 6.69. The van der Waals surface area contributed by atoms with Gasteiger partial charge >= 0.3 is 0 Å². The van der Waals surface area contributed by atoms with Gasteiger partial charge in [0.2, 0.25) is 5.91 Å². The lowest BCUT2D eigenvalue weighted by molar-refractivity contribution is -0.385. The van der Waals surface area contributed by atoms with Gasteiger partial charge in [-0.05, 0) is 0 Å². The van der Waals surface area contributed by atoms with Crippen LogP contribution in [0.3, 0.4) is 0 Å². The second kappa shape index (κ2) is 6.44. The SMILES string of the molecule is O=C(CO)N1CCN(Cc2ccccc2[N+](=O)[O-])CC1. The van der Waals surface area contributed by atoms with E-state index in [0.717, 1.165) is 0 Å². The zero-order chi connectivity index (χ0) is 14.5. The molecule has 108 valence electrons. The minimum atomic E-state index is -0.468. The highest BCUT2D eigenvalue weighted by molar-refractivity contribution is 5.77. The Kier molecular flexibility index (Phi) is 4.65. The highest BCUT2D eigenvalue weighted by Gasteiger charge is 2.22. The third-order valence-electron chi connectivity index (χ3n) is 3.44. The van der Waals surface area contributed by atoms with Crippen molar-refractivity contribution in [3.63, 3.8) is 0 Å². The van der Waals surface area contributed by atoms with Gasteiger partial charge in [0.25, 0.3) is 5.69 Å². The number of carbonyl (C=O) groups is 1. The Bertz CT molecular complexity index is 498. The minimum Gasteiger partial charge on any atom is -0.387 e. The third kappa shape index (κ3) is 3.31. The van der Waals surface area contributed by atoms with Crippen LogP contribution in [0.1, 0.15) is 5.56 Å². The van der Waals surface area contributed by atoms with E-state index < -0.39 is 6.61 Å². The van der Waals surface area contributed by atoms with Gasteiger partial charge in [-0.3, -0.25) is 19.8 Å². The fraction of sp³-hybridized carbons (Fsp3) is 0.462. The van der Waals surface area contributed by atoms with Crippen LogP contribution in [0, 0.1) is 10.1 Å². The molecule has 1 N–H and O–H groups in total. The molecular formula is C13H17N3O4. The van der Waals surface area contributed by atoms with E-state index in [4.69, 9.17) is 5.11 Å². The Labute approximate surface area is 116 Å². The first-order valence-electron chi connectivity index (χ1n) is 6.45. The third-order valence-corrected chi connectivity index (χ3v) is 3.44. The molecule has 0 atom stereocenters. The number of rotatable bonds is 4. The number of nitro groups is 1. The number of hydrogen-bond donors (Lipinski definition) is 1. The van der Waals surface area contributed by atoms with E-state index in [1.54, 1.807) is 23.1 Å². The predicted molar refractivity (Wildman–Crippen MR) is 72.0 cm³/mol. The summed E-state index contributed by atoms with van der Waals surface area (Å²) in [4.78, 5) is 25.6. The molecule has 1 heterocycles. The van der Waals surface area contributed by atoms with Crippen molar-refractivity contribution in [3.05, 3.63) is 39.9 Å². The molecule has 7 heteroatoms. The van der Waals surface area contributed by atoms with E-state index in [-0.39, 0.29) is 16.5 Å². The summed E-state index contributed by atoms with van der Waals surface area (Å²) in [7, 11) is 0. The maximum Gasteiger partial charge on any atom is 0.273 e. The van der Waals surface area contributed by atoms with Crippen molar-refractivity contribution >= 4 is 11.6 Å². The molecule has 0 aromatic heterocycles. The standard InChI is InChI=1S/C13H17N3O4/c17-10-13(18)15-7-5-14(6-8-15)9-11-3-1-2-4-12(11)16(19)20/h1-4,17H,5-10H2. The average Bonchev–Trinajstić information content (AvgIpc) is 2.47. The fourth-order valence-corrected chi connectivity index (χ4v) is 2.32. The molecule has 1 amide bonds. The first kappa shape index (κ1) is 14.4. The topological polar surface area (TPSA) is 86.9 Å². The number of carbonyl (C=O) groups excluding carboxylic acids is 1. The Morgan fingerprint density at radius 2 is 1.90 bits per heavy atom. The number of para-hydroxylation sites is 1. The number of aliphatic hydroxyl groups is 1. The second-order valence-corrected chi connectivity index (χ2v) is 4.70. The van der Waals surface area contributed by atoms with Gasteiger partial charge in [-0.2, -0.15) is 0 Å². The summed E-state index contributed by atoms with van der Waals surface area (Å²) in [5, 5.41) is 19.8. The fourth-order valence-electron chi connectivity index (χ4n) is 2.32. The van der Waals surface area contributed by atoms with Crippen molar-refractivity contribution in [3.8, 4) is 0 Å². The van der Waals surface area contributed by atoms with E-state index >= 15 is 0 Å². The molecule has 0 aliphatic carbocycles. The Hall–Kier alpha value is -1.99. The van der Waals surface area contributed by atoms with Crippen LogP contribution in [0.25, 0.3) is 0 Å². The Morgan fingerprint density at radius 3 is 2.50 bits per heavy atom. The zero-order valence-corrected chi connectivity index (χ0v) is 11.1. The highest BCUT2D eigenvalue weighted by atomic mass is 16.6. The van der Waals surface area contributed by atoms with Crippen molar-refractivity contribution in [2.75, 3.05) is 32.8 Å². The summed E-state index contributed by atoms with van der Waals surface area (Å²) >= 11 is 0. The Balaban J connectivity index is 1.96. The lowest BCUT2D eigenvalue weighted by Gasteiger charge is -2.34.